The Bertz CT molecular complexity index is 955. The van der Waals surface area contributed by atoms with Gasteiger partial charge in [-0.1, -0.05) is 30.7 Å². The van der Waals surface area contributed by atoms with Crippen molar-refractivity contribution in [2.24, 2.45) is 0 Å². The minimum absolute atomic E-state index is 0.0511. The molecule has 3 aliphatic rings. The third kappa shape index (κ3) is 5.07. The van der Waals surface area contributed by atoms with Gasteiger partial charge in [0.2, 0.25) is 0 Å². The fourth-order valence-corrected chi connectivity index (χ4v) is 5.86. The average molecular weight is 459 g/mol. The molecule has 0 radical (unpaired) electrons. The Morgan fingerprint density at radius 3 is 2.58 bits per heavy atom. The standard InChI is InChI=1S/C27H33F3N2O/c28-27(29,30)21-8-4-7-20(17-21)25-19-32-15-5-9-26(32)24-18-22(10-11-23(24)25)33-16-6-14-31-12-2-1-3-13-31/h4,7-8,10-11,17-18,25-26H,1-3,5-6,9,12-16,19H2/t25-,26-/m1/s1. The fourth-order valence-electron chi connectivity index (χ4n) is 5.86. The van der Waals surface area contributed by atoms with Gasteiger partial charge in [-0.05, 0) is 86.6 Å². The predicted molar refractivity (Wildman–Crippen MR) is 124 cm³/mol. The number of likely N-dealkylation sites (tertiary alicyclic amines) is 1. The lowest BCUT2D eigenvalue weighted by molar-refractivity contribution is -0.137. The topological polar surface area (TPSA) is 15.7 Å². The maximum Gasteiger partial charge on any atom is 0.416 e. The number of alkyl halides is 3. The minimum Gasteiger partial charge on any atom is -0.494 e. The molecule has 3 aliphatic heterocycles. The number of hydrogen-bond acceptors (Lipinski definition) is 3. The van der Waals surface area contributed by atoms with Gasteiger partial charge in [-0.2, -0.15) is 13.2 Å². The largest absolute Gasteiger partial charge is 0.494 e. The molecular formula is C27H33F3N2O. The van der Waals surface area contributed by atoms with Crippen molar-refractivity contribution in [1.82, 2.24) is 9.80 Å². The average Bonchev–Trinajstić information content (AvgIpc) is 3.31. The highest BCUT2D eigenvalue weighted by Gasteiger charge is 2.38. The van der Waals surface area contributed by atoms with Crippen LogP contribution >= 0.6 is 0 Å². The lowest BCUT2D eigenvalue weighted by Gasteiger charge is -2.38. The maximum absolute atomic E-state index is 13.3. The molecule has 0 saturated carbocycles. The lowest BCUT2D eigenvalue weighted by atomic mass is 9.81. The van der Waals surface area contributed by atoms with E-state index in [0.29, 0.717) is 12.6 Å². The van der Waals surface area contributed by atoms with E-state index in [0.717, 1.165) is 61.8 Å². The van der Waals surface area contributed by atoms with Crippen molar-refractivity contribution in [2.45, 2.75) is 56.7 Å². The van der Waals surface area contributed by atoms with Crippen LogP contribution in [-0.2, 0) is 6.18 Å². The van der Waals surface area contributed by atoms with Gasteiger partial charge < -0.3 is 9.64 Å². The number of nitrogens with zero attached hydrogens (tertiary/aromatic N) is 2. The summed E-state index contributed by atoms with van der Waals surface area (Å²) in [5.74, 6) is 0.828. The predicted octanol–water partition coefficient (Wildman–Crippen LogP) is 6.24. The molecule has 3 heterocycles. The first-order chi connectivity index (χ1) is 16.0. The number of rotatable bonds is 6. The second kappa shape index (κ2) is 9.67. The lowest BCUT2D eigenvalue weighted by Crippen LogP contribution is -2.34. The van der Waals surface area contributed by atoms with Gasteiger partial charge in [0.1, 0.15) is 5.75 Å². The van der Waals surface area contributed by atoms with E-state index >= 15 is 0 Å². The monoisotopic (exact) mass is 458 g/mol. The molecule has 3 nitrogen and oxygen atoms in total. The molecule has 6 heteroatoms. The fraction of sp³-hybridized carbons (Fsp3) is 0.556. The third-order valence-corrected chi connectivity index (χ3v) is 7.53. The van der Waals surface area contributed by atoms with Crippen molar-refractivity contribution >= 4 is 0 Å². The Hall–Kier alpha value is -2.05. The third-order valence-electron chi connectivity index (χ3n) is 7.53. The van der Waals surface area contributed by atoms with Gasteiger partial charge in [0, 0.05) is 25.0 Å². The van der Waals surface area contributed by atoms with Crippen LogP contribution in [0.1, 0.15) is 72.7 Å². The molecule has 0 spiro atoms. The van der Waals surface area contributed by atoms with E-state index in [-0.39, 0.29) is 5.92 Å². The van der Waals surface area contributed by atoms with E-state index in [1.165, 1.54) is 50.0 Å². The molecule has 0 aliphatic carbocycles. The van der Waals surface area contributed by atoms with Crippen molar-refractivity contribution in [2.75, 3.05) is 39.3 Å². The van der Waals surface area contributed by atoms with Crippen molar-refractivity contribution in [3.05, 3.63) is 64.7 Å². The zero-order valence-electron chi connectivity index (χ0n) is 19.1. The molecule has 0 amide bonds. The first-order valence-corrected chi connectivity index (χ1v) is 12.4. The molecule has 2 aromatic rings. The Morgan fingerprint density at radius 1 is 0.909 bits per heavy atom. The summed E-state index contributed by atoms with van der Waals surface area (Å²) >= 11 is 0. The number of halogens is 3. The first-order valence-electron chi connectivity index (χ1n) is 12.4. The summed E-state index contributed by atoms with van der Waals surface area (Å²) in [5.41, 5.74) is 2.55. The van der Waals surface area contributed by atoms with E-state index in [1.54, 1.807) is 0 Å². The molecule has 178 valence electrons. The molecule has 0 N–H and O–H groups in total. The Morgan fingerprint density at radius 2 is 1.76 bits per heavy atom. The van der Waals surface area contributed by atoms with Gasteiger partial charge in [0.05, 0.1) is 12.2 Å². The summed E-state index contributed by atoms with van der Waals surface area (Å²) in [7, 11) is 0. The summed E-state index contributed by atoms with van der Waals surface area (Å²) < 4.78 is 46.1. The van der Waals surface area contributed by atoms with E-state index < -0.39 is 11.7 Å². The molecular weight excluding hydrogens is 425 g/mol. The number of fused-ring (bicyclic) bond motifs is 3. The van der Waals surface area contributed by atoms with Crippen LogP contribution in [0.25, 0.3) is 0 Å². The van der Waals surface area contributed by atoms with Crippen LogP contribution < -0.4 is 4.74 Å². The van der Waals surface area contributed by atoms with Gasteiger partial charge >= 0.3 is 6.18 Å². The van der Waals surface area contributed by atoms with E-state index in [1.807, 2.05) is 12.1 Å². The van der Waals surface area contributed by atoms with Crippen LogP contribution in [-0.4, -0.2) is 49.1 Å². The number of piperidine rings is 1. The molecule has 0 unspecified atom stereocenters. The Kier molecular flexibility index (Phi) is 6.66. The smallest absolute Gasteiger partial charge is 0.416 e. The van der Waals surface area contributed by atoms with E-state index in [9.17, 15) is 13.2 Å². The Balaban J connectivity index is 1.33. The van der Waals surface area contributed by atoms with E-state index in [2.05, 4.69) is 21.9 Å². The molecule has 2 saturated heterocycles. The second-order valence-corrected chi connectivity index (χ2v) is 9.72. The molecule has 2 atom stereocenters. The van der Waals surface area contributed by atoms with Crippen LogP contribution in [0.4, 0.5) is 13.2 Å². The SMILES string of the molecule is FC(F)(F)c1cccc([C@H]2CN3CCC[C@@H]3c3cc(OCCCN4CCCCC4)ccc32)c1. The van der Waals surface area contributed by atoms with Crippen LogP contribution in [0, 0.1) is 0 Å². The van der Waals surface area contributed by atoms with Crippen molar-refractivity contribution in [1.29, 1.82) is 0 Å². The summed E-state index contributed by atoms with van der Waals surface area (Å²) in [5, 5.41) is 0. The van der Waals surface area contributed by atoms with Crippen LogP contribution in [0.5, 0.6) is 5.75 Å². The Labute approximate surface area is 194 Å². The molecule has 2 fully saturated rings. The van der Waals surface area contributed by atoms with Crippen molar-refractivity contribution in [3.63, 3.8) is 0 Å². The van der Waals surface area contributed by atoms with Gasteiger partial charge in [-0.3, -0.25) is 4.90 Å². The second-order valence-electron chi connectivity index (χ2n) is 9.72. The van der Waals surface area contributed by atoms with Gasteiger partial charge in [-0.25, -0.2) is 0 Å². The summed E-state index contributed by atoms with van der Waals surface area (Å²) in [6.45, 7) is 5.95. The normalized spacial score (nSPS) is 23.8. The highest BCUT2D eigenvalue weighted by atomic mass is 19.4. The van der Waals surface area contributed by atoms with Crippen LogP contribution in [0.15, 0.2) is 42.5 Å². The zero-order valence-corrected chi connectivity index (χ0v) is 19.1. The van der Waals surface area contributed by atoms with Crippen LogP contribution in [0.2, 0.25) is 0 Å². The first kappa shape index (κ1) is 22.7. The van der Waals surface area contributed by atoms with Crippen molar-refractivity contribution < 1.29 is 17.9 Å². The summed E-state index contributed by atoms with van der Waals surface area (Å²) in [6, 6.07) is 12.5. The molecule has 33 heavy (non-hydrogen) atoms. The summed E-state index contributed by atoms with van der Waals surface area (Å²) in [6.07, 6.45) is 2.87. The van der Waals surface area contributed by atoms with Crippen LogP contribution in [0.3, 0.4) is 0 Å². The highest BCUT2D eigenvalue weighted by molar-refractivity contribution is 5.47. The molecule has 5 rings (SSSR count). The minimum atomic E-state index is -4.32. The molecule has 0 bridgehead atoms. The zero-order chi connectivity index (χ0) is 22.8. The number of ether oxygens (including phenoxy) is 1. The number of hydrogen-bond donors (Lipinski definition) is 0. The van der Waals surface area contributed by atoms with Gasteiger partial charge in [-0.15, -0.1) is 0 Å². The molecule has 0 aromatic heterocycles. The highest BCUT2D eigenvalue weighted by Crippen LogP contribution is 2.46. The van der Waals surface area contributed by atoms with E-state index in [4.69, 9.17) is 4.74 Å². The quantitative estimate of drug-likeness (QED) is 0.477. The number of benzene rings is 2. The van der Waals surface area contributed by atoms with Crippen molar-refractivity contribution in [3.8, 4) is 5.75 Å². The maximum atomic E-state index is 13.3. The summed E-state index contributed by atoms with van der Waals surface area (Å²) in [4.78, 5) is 4.96. The van der Waals surface area contributed by atoms with Gasteiger partial charge in [0.25, 0.3) is 0 Å². The van der Waals surface area contributed by atoms with Gasteiger partial charge in [0.15, 0.2) is 0 Å². The molecule has 2 aromatic carbocycles.